The van der Waals surface area contributed by atoms with Crippen molar-refractivity contribution in [2.75, 3.05) is 12.3 Å². The molecular formula is C16H13N7O3. The SMILES string of the molecule is CCN1C(=O)c2ccc(-c3ccc(/C=N\n4nnnc4N)o3)cc2C1=O. The second-order valence-corrected chi connectivity index (χ2v) is 5.49. The minimum atomic E-state index is -0.295. The van der Waals surface area contributed by atoms with Gasteiger partial charge in [-0.1, -0.05) is 16.0 Å². The third-order valence-electron chi connectivity index (χ3n) is 3.97. The van der Waals surface area contributed by atoms with Crippen molar-refractivity contribution in [2.24, 2.45) is 5.10 Å². The molecule has 26 heavy (non-hydrogen) atoms. The van der Waals surface area contributed by atoms with E-state index in [1.165, 1.54) is 11.1 Å². The molecular weight excluding hydrogens is 338 g/mol. The molecule has 2 N–H and O–H groups in total. The van der Waals surface area contributed by atoms with Crippen LogP contribution < -0.4 is 5.73 Å². The van der Waals surface area contributed by atoms with Crippen LogP contribution in [0.4, 0.5) is 5.95 Å². The van der Waals surface area contributed by atoms with Gasteiger partial charge in [0.05, 0.1) is 17.3 Å². The summed E-state index contributed by atoms with van der Waals surface area (Å²) >= 11 is 0. The predicted molar refractivity (Wildman–Crippen MR) is 90.4 cm³/mol. The Morgan fingerprint density at radius 2 is 2.00 bits per heavy atom. The summed E-state index contributed by atoms with van der Waals surface area (Å²) < 4.78 is 5.70. The maximum absolute atomic E-state index is 12.3. The van der Waals surface area contributed by atoms with Crippen molar-refractivity contribution in [2.45, 2.75) is 6.92 Å². The number of hydrogen-bond acceptors (Lipinski definition) is 8. The number of anilines is 1. The number of furan rings is 1. The Bertz CT molecular complexity index is 1050. The number of nitrogens with zero attached hydrogens (tertiary/aromatic N) is 6. The van der Waals surface area contributed by atoms with Crippen molar-refractivity contribution in [1.82, 2.24) is 25.2 Å². The number of nitrogen functional groups attached to an aromatic ring is 1. The van der Waals surface area contributed by atoms with Gasteiger partial charge in [-0.3, -0.25) is 14.5 Å². The van der Waals surface area contributed by atoms with E-state index in [4.69, 9.17) is 10.2 Å². The van der Waals surface area contributed by atoms with Crippen molar-refractivity contribution >= 4 is 24.0 Å². The van der Waals surface area contributed by atoms with E-state index in [1.54, 1.807) is 37.3 Å². The summed E-state index contributed by atoms with van der Waals surface area (Å²) in [5, 5.41) is 14.4. The lowest BCUT2D eigenvalue weighted by molar-refractivity contribution is 0.0663. The predicted octanol–water partition coefficient (Wildman–Crippen LogP) is 1.01. The molecule has 10 nitrogen and oxygen atoms in total. The van der Waals surface area contributed by atoms with Crippen LogP contribution in [0.1, 0.15) is 33.4 Å². The maximum atomic E-state index is 12.3. The number of carbonyl (C=O) groups excluding carboxylic acids is 2. The van der Waals surface area contributed by atoms with E-state index in [-0.39, 0.29) is 17.8 Å². The Kier molecular flexibility index (Phi) is 3.57. The smallest absolute Gasteiger partial charge is 0.263 e. The van der Waals surface area contributed by atoms with Crippen molar-refractivity contribution in [1.29, 1.82) is 0 Å². The molecule has 0 spiro atoms. The van der Waals surface area contributed by atoms with Gasteiger partial charge in [0.15, 0.2) is 0 Å². The summed E-state index contributed by atoms with van der Waals surface area (Å²) in [6, 6.07) is 8.48. The summed E-state index contributed by atoms with van der Waals surface area (Å²) in [5.41, 5.74) is 6.99. The van der Waals surface area contributed by atoms with Crippen molar-refractivity contribution in [3.63, 3.8) is 0 Å². The quantitative estimate of drug-likeness (QED) is 0.548. The topological polar surface area (TPSA) is 132 Å². The van der Waals surface area contributed by atoms with Gasteiger partial charge in [0.25, 0.3) is 17.8 Å². The van der Waals surface area contributed by atoms with E-state index in [0.717, 1.165) is 4.79 Å². The van der Waals surface area contributed by atoms with E-state index in [2.05, 4.69) is 20.6 Å². The summed E-state index contributed by atoms with van der Waals surface area (Å²) in [7, 11) is 0. The first-order valence-corrected chi connectivity index (χ1v) is 7.77. The molecule has 0 unspecified atom stereocenters. The monoisotopic (exact) mass is 351 g/mol. The van der Waals surface area contributed by atoms with Gasteiger partial charge in [-0.05, 0) is 41.6 Å². The number of hydrogen-bond donors (Lipinski definition) is 1. The molecule has 10 heteroatoms. The van der Waals surface area contributed by atoms with Gasteiger partial charge in [-0.25, -0.2) is 0 Å². The molecule has 0 fully saturated rings. The van der Waals surface area contributed by atoms with Crippen LogP contribution in [0, 0.1) is 0 Å². The zero-order chi connectivity index (χ0) is 18.3. The van der Waals surface area contributed by atoms with Gasteiger partial charge < -0.3 is 10.2 Å². The number of aromatic nitrogens is 4. The molecule has 1 aromatic carbocycles. The number of benzene rings is 1. The highest BCUT2D eigenvalue weighted by atomic mass is 16.3. The van der Waals surface area contributed by atoms with Gasteiger partial charge in [0.2, 0.25) is 0 Å². The second-order valence-electron chi connectivity index (χ2n) is 5.49. The molecule has 0 saturated carbocycles. The first-order chi connectivity index (χ1) is 12.6. The van der Waals surface area contributed by atoms with Crippen LogP contribution >= 0.6 is 0 Å². The summed E-state index contributed by atoms with van der Waals surface area (Å²) in [5.74, 6) is 0.472. The van der Waals surface area contributed by atoms with E-state index in [0.29, 0.717) is 34.8 Å². The lowest BCUT2D eigenvalue weighted by atomic mass is 10.0. The van der Waals surface area contributed by atoms with Gasteiger partial charge in [-0.2, -0.15) is 5.10 Å². The van der Waals surface area contributed by atoms with Crippen LogP contribution in [0.2, 0.25) is 0 Å². The number of amides is 2. The van der Waals surface area contributed by atoms with E-state index in [1.807, 2.05) is 0 Å². The molecule has 3 heterocycles. The van der Waals surface area contributed by atoms with Gasteiger partial charge >= 0.3 is 0 Å². The molecule has 2 aromatic heterocycles. The lowest BCUT2D eigenvalue weighted by Crippen LogP contribution is -2.29. The first kappa shape index (κ1) is 15.7. The minimum Gasteiger partial charge on any atom is -0.455 e. The van der Waals surface area contributed by atoms with E-state index >= 15 is 0 Å². The van der Waals surface area contributed by atoms with Crippen LogP contribution in [-0.2, 0) is 0 Å². The molecule has 1 aliphatic rings. The average Bonchev–Trinajstić information content (AvgIpc) is 3.33. The maximum Gasteiger partial charge on any atom is 0.263 e. The molecule has 130 valence electrons. The third-order valence-corrected chi connectivity index (χ3v) is 3.97. The zero-order valence-electron chi connectivity index (χ0n) is 13.7. The minimum absolute atomic E-state index is 0.0512. The highest BCUT2D eigenvalue weighted by molar-refractivity contribution is 6.21. The Hall–Kier alpha value is -3.82. The fourth-order valence-electron chi connectivity index (χ4n) is 2.69. The second kappa shape index (κ2) is 5.92. The van der Waals surface area contributed by atoms with Crippen LogP contribution in [0.3, 0.4) is 0 Å². The lowest BCUT2D eigenvalue weighted by Gasteiger charge is -2.08. The molecule has 1 aliphatic heterocycles. The third kappa shape index (κ3) is 2.44. The van der Waals surface area contributed by atoms with Crippen molar-refractivity contribution in [3.8, 4) is 11.3 Å². The van der Waals surface area contributed by atoms with Crippen molar-refractivity contribution < 1.29 is 14.0 Å². The first-order valence-electron chi connectivity index (χ1n) is 7.77. The molecule has 0 saturated heterocycles. The van der Waals surface area contributed by atoms with Crippen LogP contribution in [-0.4, -0.2) is 49.8 Å². The zero-order valence-corrected chi connectivity index (χ0v) is 13.7. The largest absolute Gasteiger partial charge is 0.455 e. The van der Waals surface area contributed by atoms with Gasteiger partial charge in [-0.15, -0.1) is 0 Å². The number of rotatable bonds is 4. The summed E-state index contributed by atoms with van der Waals surface area (Å²) in [6.07, 6.45) is 1.41. The van der Waals surface area contributed by atoms with E-state index in [9.17, 15) is 9.59 Å². The number of fused-ring (bicyclic) bond motifs is 1. The van der Waals surface area contributed by atoms with Gasteiger partial charge in [0, 0.05) is 12.1 Å². The molecule has 0 aliphatic carbocycles. The molecule has 0 atom stereocenters. The Morgan fingerprint density at radius 1 is 1.19 bits per heavy atom. The molecule has 4 rings (SSSR count). The fraction of sp³-hybridized carbons (Fsp3) is 0.125. The Morgan fingerprint density at radius 3 is 2.73 bits per heavy atom. The number of carbonyl (C=O) groups is 2. The average molecular weight is 351 g/mol. The molecule has 0 radical (unpaired) electrons. The highest BCUT2D eigenvalue weighted by Crippen LogP contribution is 2.29. The normalized spacial score (nSPS) is 13.8. The standard InChI is InChI=1S/C16H13N7O3/c1-2-22-14(24)11-5-3-9(7-12(11)15(22)25)13-6-4-10(26-13)8-18-23-16(17)19-20-21-23/h3-8H,2H2,1H3,(H2,17,19,21)/b18-8-. The number of nitrogens with two attached hydrogens (primary N) is 1. The Labute approximate surface area is 146 Å². The number of imide groups is 1. The van der Waals surface area contributed by atoms with Crippen LogP contribution in [0.15, 0.2) is 39.9 Å². The molecule has 0 bridgehead atoms. The van der Waals surface area contributed by atoms with Gasteiger partial charge in [0.1, 0.15) is 11.5 Å². The highest BCUT2D eigenvalue weighted by Gasteiger charge is 2.34. The van der Waals surface area contributed by atoms with Crippen molar-refractivity contribution in [3.05, 3.63) is 47.2 Å². The fourth-order valence-corrected chi connectivity index (χ4v) is 2.69. The Balaban J connectivity index is 1.62. The summed E-state index contributed by atoms with van der Waals surface area (Å²) in [6.45, 7) is 2.10. The molecule has 3 aromatic rings. The van der Waals surface area contributed by atoms with Crippen LogP contribution in [0.25, 0.3) is 11.3 Å². The van der Waals surface area contributed by atoms with E-state index < -0.39 is 0 Å². The van der Waals surface area contributed by atoms with Crippen LogP contribution in [0.5, 0.6) is 0 Å². The summed E-state index contributed by atoms with van der Waals surface area (Å²) in [4.78, 5) is 26.7. The molecule has 2 amide bonds. The number of tetrazole rings is 1.